The third-order valence-corrected chi connectivity index (χ3v) is 7.62. The number of hydrogen-bond donors (Lipinski definition) is 2. The number of ether oxygens (including phenoxy) is 2. The molecule has 0 bridgehead atoms. The van der Waals surface area contributed by atoms with Crippen LogP contribution in [0.15, 0.2) is 54.3 Å². The van der Waals surface area contributed by atoms with Gasteiger partial charge in [-0.3, -0.25) is 9.99 Å². The van der Waals surface area contributed by atoms with E-state index in [2.05, 4.69) is 40.6 Å². The SMILES string of the molecule is CC(C)C1=CNN(C)C(Nc2ccc3ncc(-c4cnc(OC5CCN(C(=O)OC(C)(C)C)CC5)s4)cc3n2)=C1. The van der Waals surface area contributed by atoms with Crippen molar-refractivity contribution in [3.8, 4) is 15.6 Å². The van der Waals surface area contributed by atoms with E-state index in [1.165, 1.54) is 16.9 Å². The van der Waals surface area contributed by atoms with Crippen molar-refractivity contribution in [2.24, 2.45) is 5.92 Å². The number of fused-ring (bicyclic) bond motifs is 1. The molecule has 10 nitrogen and oxygen atoms in total. The zero-order chi connectivity index (χ0) is 28.4. The van der Waals surface area contributed by atoms with Crippen molar-refractivity contribution in [2.45, 2.75) is 59.2 Å². The number of nitrogens with zero attached hydrogens (tertiary/aromatic N) is 5. The van der Waals surface area contributed by atoms with Gasteiger partial charge in [-0.2, -0.15) is 0 Å². The summed E-state index contributed by atoms with van der Waals surface area (Å²) >= 11 is 1.49. The minimum Gasteiger partial charge on any atom is -0.467 e. The Balaban J connectivity index is 1.24. The molecule has 1 fully saturated rings. The molecule has 2 aliphatic rings. The molecule has 212 valence electrons. The Bertz CT molecular complexity index is 1430. The lowest BCUT2D eigenvalue weighted by Gasteiger charge is -2.33. The van der Waals surface area contributed by atoms with Crippen molar-refractivity contribution in [3.63, 3.8) is 0 Å². The maximum atomic E-state index is 12.3. The summed E-state index contributed by atoms with van der Waals surface area (Å²) in [5, 5.41) is 5.96. The van der Waals surface area contributed by atoms with Crippen molar-refractivity contribution >= 4 is 34.3 Å². The quantitative estimate of drug-likeness (QED) is 0.386. The van der Waals surface area contributed by atoms with Crippen LogP contribution in [0.5, 0.6) is 5.19 Å². The van der Waals surface area contributed by atoms with Crippen molar-refractivity contribution in [3.05, 3.63) is 54.3 Å². The van der Waals surface area contributed by atoms with E-state index in [9.17, 15) is 4.79 Å². The molecule has 0 spiro atoms. The molecule has 5 rings (SSSR count). The second-order valence-corrected chi connectivity index (χ2v) is 12.4. The number of piperidine rings is 1. The summed E-state index contributed by atoms with van der Waals surface area (Å²) < 4.78 is 11.7. The fraction of sp³-hybridized carbons (Fsp3) is 0.448. The molecule has 0 aliphatic carbocycles. The van der Waals surface area contributed by atoms with Crippen LogP contribution in [0.2, 0.25) is 0 Å². The molecule has 1 amide bonds. The van der Waals surface area contributed by atoms with Gasteiger partial charge in [-0.25, -0.2) is 14.8 Å². The Morgan fingerprint density at radius 1 is 1.15 bits per heavy atom. The molecule has 1 saturated heterocycles. The van der Waals surface area contributed by atoms with E-state index in [1.54, 1.807) is 4.90 Å². The highest BCUT2D eigenvalue weighted by Gasteiger charge is 2.28. The number of hydrogen-bond acceptors (Lipinski definition) is 10. The van der Waals surface area contributed by atoms with Crippen LogP contribution in [0.4, 0.5) is 10.6 Å². The van der Waals surface area contributed by atoms with Gasteiger partial charge in [-0.1, -0.05) is 25.2 Å². The van der Waals surface area contributed by atoms with Gasteiger partial charge in [0.05, 0.1) is 15.9 Å². The van der Waals surface area contributed by atoms with Crippen LogP contribution in [-0.4, -0.2) is 62.8 Å². The van der Waals surface area contributed by atoms with Gasteiger partial charge in [0, 0.05) is 57.1 Å². The second kappa shape index (κ2) is 11.3. The highest BCUT2D eigenvalue weighted by molar-refractivity contribution is 7.16. The van der Waals surface area contributed by atoms with Crippen LogP contribution in [-0.2, 0) is 4.74 Å². The third kappa shape index (κ3) is 6.64. The van der Waals surface area contributed by atoms with E-state index in [0.29, 0.717) is 24.2 Å². The zero-order valence-electron chi connectivity index (χ0n) is 23.9. The van der Waals surface area contributed by atoms with Crippen LogP contribution < -0.4 is 15.5 Å². The topological polar surface area (TPSA) is 105 Å². The molecular weight excluding hydrogens is 526 g/mol. The van der Waals surface area contributed by atoms with Crippen LogP contribution in [0.1, 0.15) is 47.5 Å². The van der Waals surface area contributed by atoms with Gasteiger partial charge < -0.3 is 25.1 Å². The van der Waals surface area contributed by atoms with Gasteiger partial charge in [0.1, 0.15) is 23.3 Å². The van der Waals surface area contributed by atoms with Crippen molar-refractivity contribution in [1.29, 1.82) is 0 Å². The molecule has 0 atom stereocenters. The number of nitrogens with one attached hydrogen (secondary N) is 2. The third-order valence-electron chi connectivity index (χ3n) is 6.68. The predicted octanol–water partition coefficient (Wildman–Crippen LogP) is 5.77. The lowest BCUT2D eigenvalue weighted by atomic mass is 10.0. The molecule has 0 aromatic carbocycles. The molecule has 2 N–H and O–H groups in total. The molecule has 0 radical (unpaired) electrons. The van der Waals surface area contributed by atoms with Gasteiger partial charge in [0.2, 0.25) is 0 Å². The van der Waals surface area contributed by atoms with Gasteiger partial charge >= 0.3 is 6.09 Å². The van der Waals surface area contributed by atoms with Crippen molar-refractivity contribution < 1.29 is 14.3 Å². The number of likely N-dealkylation sites (tertiary alicyclic amines) is 1. The number of anilines is 1. The van der Waals surface area contributed by atoms with E-state index in [4.69, 9.17) is 14.5 Å². The number of hydrazine groups is 1. The average molecular weight is 564 g/mol. The van der Waals surface area contributed by atoms with Gasteiger partial charge in [0.25, 0.3) is 5.19 Å². The summed E-state index contributed by atoms with van der Waals surface area (Å²) in [6.45, 7) is 11.2. The molecule has 11 heteroatoms. The first-order valence-electron chi connectivity index (χ1n) is 13.6. The van der Waals surface area contributed by atoms with E-state index in [1.807, 2.05) is 69.6 Å². The first-order chi connectivity index (χ1) is 19.0. The normalized spacial score (nSPS) is 16.5. The number of rotatable bonds is 6. The summed E-state index contributed by atoms with van der Waals surface area (Å²) in [7, 11) is 1.96. The monoisotopic (exact) mass is 563 g/mol. The fourth-order valence-electron chi connectivity index (χ4n) is 4.40. The minimum atomic E-state index is -0.497. The lowest BCUT2D eigenvalue weighted by molar-refractivity contribution is 0.0126. The molecule has 3 aromatic rings. The van der Waals surface area contributed by atoms with Crippen LogP contribution in [0, 0.1) is 5.92 Å². The Morgan fingerprint density at radius 3 is 2.65 bits per heavy atom. The first-order valence-corrected chi connectivity index (χ1v) is 14.4. The zero-order valence-corrected chi connectivity index (χ0v) is 24.7. The maximum absolute atomic E-state index is 12.3. The number of carbonyl (C=O) groups is 1. The number of amides is 1. The molecule has 5 heterocycles. The molecule has 40 heavy (non-hydrogen) atoms. The Kier molecular flexibility index (Phi) is 7.84. The summed E-state index contributed by atoms with van der Waals surface area (Å²) in [5.41, 5.74) is 6.52. The summed E-state index contributed by atoms with van der Waals surface area (Å²) in [4.78, 5) is 29.0. The second-order valence-electron chi connectivity index (χ2n) is 11.4. The predicted molar refractivity (Wildman–Crippen MR) is 158 cm³/mol. The fourth-order valence-corrected chi connectivity index (χ4v) is 5.22. The smallest absolute Gasteiger partial charge is 0.410 e. The lowest BCUT2D eigenvalue weighted by Crippen LogP contribution is -2.44. The Morgan fingerprint density at radius 2 is 1.93 bits per heavy atom. The van der Waals surface area contributed by atoms with E-state index >= 15 is 0 Å². The summed E-state index contributed by atoms with van der Waals surface area (Å²) in [5.74, 6) is 2.07. The molecule has 2 aliphatic heterocycles. The van der Waals surface area contributed by atoms with E-state index in [0.717, 1.165) is 46.0 Å². The van der Waals surface area contributed by atoms with E-state index < -0.39 is 5.60 Å². The standard InChI is InChI=1S/C29H37N7O3S/c1-18(2)19-14-26(35(6)32-16-19)34-25-8-7-22-23(33-25)13-20(15-30-22)24-17-31-27(40-24)38-21-9-11-36(12-10-21)28(37)39-29(3,4)5/h7-8,13-18,21,32H,9-12H2,1-6H3,(H,33,34). The Labute approximate surface area is 239 Å². The number of thiazole rings is 1. The largest absolute Gasteiger partial charge is 0.467 e. The maximum Gasteiger partial charge on any atom is 0.410 e. The van der Waals surface area contributed by atoms with E-state index in [-0.39, 0.29) is 12.2 Å². The van der Waals surface area contributed by atoms with Gasteiger partial charge in [-0.05, 0) is 56.5 Å². The molecular formula is C29H37N7O3S. The van der Waals surface area contributed by atoms with Crippen LogP contribution in [0.3, 0.4) is 0 Å². The number of allylic oxidation sites excluding steroid dienone is 2. The molecule has 0 saturated carbocycles. The number of pyridine rings is 2. The van der Waals surface area contributed by atoms with Crippen LogP contribution in [0.25, 0.3) is 21.5 Å². The Hall–Kier alpha value is -3.86. The first kappa shape index (κ1) is 27.7. The summed E-state index contributed by atoms with van der Waals surface area (Å²) in [6.07, 6.45) is 9.01. The highest BCUT2D eigenvalue weighted by Crippen LogP contribution is 2.33. The number of aromatic nitrogens is 3. The average Bonchev–Trinajstić information content (AvgIpc) is 3.37. The minimum absolute atomic E-state index is 0.00971. The van der Waals surface area contributed by atoms with Gasteiger partial charge in [-0.15, -0.1) is 0 Å². The molecule has 0 unspecified atom stereocenters. The van der Waals surface area contributed by atoms with Crippen LogP contribution >= 0.6 is 11.3 Å². The molecule has 3 aromatic heterocycles. The van der Waals surface area contributed by atoms with Crippen molar-refractivity contribution in [1.82, 2.24) is 30.3 Å². The number of carbonyl (C=O) groups excluding carboxylic acids is 1. The van der Waals surface area contributed by atoms with Crippen molar-refractivity contribution in [2.75, 3.05) is 25.5 Å². The van der Waals surface area contributed by atoms with Gasteiger partial charge in [0.15, 0.2) is 0 Å². The highest BCUT2D eigenvalue weighted by atomic mass is 32.1. The summed E-state index contributed by atoms with van der Waals surface area (Å²) in [6, 6.07) is 5.93.